The van der Waals surface area contributed by atoms with Crippen LogP contribution in [0.1, 0.15) is 296 Å². The van der Waals surface area contributed by atoms with Gasteiger partial charge in [0, 0.05) is 12.8 Å². The van der Waals surface area contributed by atoms with Gasteiger partial charge in [0.25, 0.3) is 0 Å². The average Bonchev–Trinajstić information content (AvgIpc) is 1.18. The van der Waals surface area contributed by atoms with Crippen LogP contribution in [0, 0.1) is 0 Å². The Balaban J connectivity index is 4.14. The van der Waals surface area contributed by atoms with Crippen molar-refractivity contribution in [2.24, 2.45) is 0 Å². The Morgan fingerprint density at radius 1 is 0.286 bits per heavy atom. The van der Waals surface area contributed by atoms with E-state index in [1.165, 1.54) is 83.5 Å². The molecule has 2 unspecified atom stereocenters. The van der Waals surface area contributed by atoms with E-state index in [1.54, 1.807) is 0 Å². The molecule has 0 aromatic rings. The molecule has 0 bridgehead atoms. The van der Waals surface area contributed by atoms with Gasteiger partial charge >= 0.3 is 11.9 Å². The van der Waals surface area contributed by atoms with Crippen LogP contribution in [-0.4, -0.2) is 82.3 Å². The number of unbranched alkanes of at least 4 members (excludes halogenated alkanes) is 21. The SMILES string of the molecule is CC/C=C\C/C=C\C/C=C\C/C=C\C/C=C\C/C=C\C/C=C\C/C=C\C/C=C\C/C=C\CCCCCCCCCCCCC(=O)OC(COC(=O)CCCCCCCCCCCCC/C=C\C/C=C\C/C=C\C/C=C\C/C=C\C/C=C\C/C=C\C/C=C\C/C=C\CC)COC(OCC[N+](C)(C)C)C(=O)[O-]. The lowest BCUT2D eigenvalue weighted by Gasteiger charge is -2.26. The molecule has 0 aromatic heterocycles. The molecular weight excluding hydrogens is 1300 g/mol. The van der Waals surface area contributed by atoms with Crippen LogP contribution in [0.4, 0.5) is 0 Å². The van der Waals surface area contributed by atoms with Crippen LogP contribution in [0.25, 0.3) is 0 Å². The van der Waals surface area contributed by atoms with Crippen molar-refractivity contribution in [3.05, 3.63) is 231 Å². The van der Waals surface area contributed by atoms with Crippen molar-refractivity contribution in [3.63, 3.8) is 0 Å². The first kappa shape index (κ1) is 98.4. The number of rotatable bonds is 74. The predicted octanol–water partition coefficient (Wildman–Crippen LogP) is 26.0. The first-order chi connectivity index (χ1) is 51.6. The first-order valence-electron chi connectivity index (χ1n) is 41.5. The van der Waals surface area contributed by atoms with Crippen LogP contribution < -0.4 is 5.11 Å². The summed E-state index contributed by atoms with van der Waals surface area (Å²) < 4.78 is 22.9. The van der Waals surface area contributed by atoms with E-state index in [4.69, 9.17) is 18.9 Å². The van der Waals surface area contributed by atoms with E-state index in [9.17, 15) is 19.5 Å². The maximum Gasteiger partial charge on any atom is 0.306 e. The van der Waals surface area contributed by atoms with Crippen molar-refractivity contribution in [3.8, 4) is 0 Å². The molecule has 0 N–H and O–H groups in total. The Kier molecular flexibility index (Phi) is 77.7. The number of allylic oxidation sites excluding steroid dienone is 38. The van der Waals surface area contributed by atoms with Crippen LogP contribution in [0.5, 0.6) is 0 Å². The summed E-state index contributed by atoms with van der Waals surface area (Å²) in [6.07, 6.45) is 129. The zero-order valence-corrected chi connectivity index (χ0v) is 67.2. The lowest BCUT2D eigenvalue weighted by Crippen LogP contribution is -2.44. The largest absolute Gasteiger partial charge is 0.545 e. The third-order valence-corrected chi connectivity index (χ3v) is 16.9. The standard InChI is InChI=1S/C96H151NO8/c1-6-8-10-12-14-16-18-20-22-24-26-28-30-32-34-36-38-40-42-44-46-47-49-51-53-55-57-59-61-63-65-67-69-71-73-75-77-79-81-83-85-87-94(99)105-92(91-104-96(95(100)101)102-89-88-97(3,4)5)90-103-93(98)86-84-82-80-78-76-74-72-70-68-66-64-62-60-58-56-54-52-50-48-45-43-41-39-37-35-33-31-29-27-25-23-21-19-17-15-13-11-9-7-2/h8-11,14-17,20-23,26-29,32-35,38-41,44-46,48-49,51-52,54-55,57-58,60-61,63,92,96H,6-7,12-13,18-19,24-25,30-31,36-37,42-43,47,50,53,56,59,62,64-91H2,1-5H3/b10-8-,11-9-,16-14-,17-15-,22-20-,23-21-,28-26-,29-27-,34-32-,35-33-,40-38-,41-39-,46-44-,48-45-,51-49-,54-52-,57-55-,60-58-,63-61-. The zero-order chi connectivity index (χ0) is 76.0. The smallest absolute Gasteiger partial charge is 0.306 e. The minimum atomic E-state index is -1.64. The van der Waals surface area contributed by atoms with Gasteiger partial charge in [-0.1, -0.05) is 354 Å². The number of nitrogens with zero attached hydrogens (tertiary/aromatic N) is 1. The van der Waals surface area contributed by atoms with Crippen LogP contribution in [0.2, 0.25) is 0 Å². The number of carboxylic acids is 1. The summed E-state index contributed by atoms with van der Waals surface area (Å²) in [6.45, 7) is 4.50. The molecule has 0 aliphatic heterocycles. The molecule has 588 valence electrons. The molecule has 0 heterocycles. The van der Waals surface area contributed by atoms with Crippen molar-refractivity contribution < 1.29 is 42.9 Å². The summed E-state index contributed by atoms with van der Waals surface area (Å²) in [6, 6.07) is 0. The summed E-state index contributed by atoms with van der Waals surface area (Å²) in [5.74, 6) is -2.31. The fourth-order valence-electron chi connectivity index (χ4n) is 10.7. The highest BCUT2D eigenvalue weighted by Gasteiger charge is 2.22. The number of likely N-dealkylation sites (N-methyl/N-ethyl adjacent to an activating group) is 1. The zero-order valence-electron chi connectivity index (χ0n) is 67.2. The second-order valence-corrected chi connectivity index (χ2v) is 27.9. The second-order valence-electron chi connectivity index (χ2n) is 27.9. The highest BCUT2D eigenvalue weighted by Crippen LogP contribution is 2.16. The van der Waals surface area contributed by atoms with Crippen LogP contribution in [0.15, 0.2) is 231 Å². The van der Waals surface area contributed by atoms with E-state index in [2.05, 4.69) is 245 Å². The number of hydrogen-bond donors (Lipinski definition) is 0. The lowest BCUT2D eigenvalue weighted by molar-refractivity contribution is -0.870. The average molecular weight is 1450 g/mol. The molecule has 0 aromatic carbocycles. The topological polar surface area (TPSA) is 111 Å². The van der Waals surface area contributed by atoms with Crippen molar-refractivity contribution in [1.82, 2.24) is 0 Å². The molecule has 2 atom stereocenters. The minimum Gasteiger partial charge on any atom is -0.545 e. The molecular formula is C96H151NO8. The molecule has 0 amide bonds. The van der Waals surface area contributed by atoms with E-state index in [0.29, 0.717) is 17.4 Å². The van der Waals surface area contributed by atoms with Crippen molar-refractivity contribution in [2.45, 2.75) is 309 Å². The highest BCUT2D eigenvalue weighted by atomic mass is 16.7. The number of ether oxygens (including phenoxy) is 4. The molecule has 0 rings (SSSR count). The molecule has 0 radical (unpaired) electrons. The van der Waals surface area contributed by atoms with E-state index in [1.807, 2.05) is 21.1 Å². The van der Waals surface area contributed by atoms with Gasteiger partial charge in [-0.25, -0.2) is 0 Å². The van der Waals surface area contributed by atoms with Gasteiger partial charge in [-0.05, 0) is 161 Å². The summed E-state index contributed by atoms with van der Waals surface area (Å²) >= 11 is 0. The summed E-state index contributed by atoms with van der Waals surface area (Å²) in [5.41, 5.74) is 0. The Morgan fingerprint density at radius 3 is 0.762 bits per heavy atom. The third-order valence-electron chi connectivity index (χ3n) is 16.9. The Morgan fingerprint density at radius 2 is 0.514 bits per heavy atom. The minimum absolute atomic E-state index is 0.136. The van der Waals surface area contributed by atoms with Crippen LogP contribution >= 0.6 is 0 Å². The highest BCUT2D eigenvalue weighted by molar-refractivity contribution is 5.70. The number of carbonyl (C=O) groups is 3. The fraction of sp³-hybridized carbons (Fsp3) is 0.573. The molecule has 9 nitrogen and oxygen atoms in total. The molecule has 105 heavy (non-hydrogen) atoms. The van der Waals surface area contributed by atoms with Gasteiger partial charge in [-0.2, -0.15) is 0 Å². The molecule has 0 aliphatic carbocycles. The lowest BCUT2D eigenvalue weighted by atomic mass is 10.0. The predicted molar refractivity (Wildman–Crippen MR) is 453 cm³/mol. The summed E-state index contributed by atoms with van der Waals surface area (Å²) in [5, 5.41) is 11.9. The summed E-state index contributed by atoms with van der Waals surface area (Å²) in [4.78, 5) is 37.7. The van der Waals surface area contributed by atoms with Gasteiger partial charge < -0.3 is 33.3 Å². The number of carboxylic acid groups (broad SMARTS) is 1. The molecule has 0 saturated carbocycles. The molecule has 0 saturated heterocycles. The monoisotopic (exact) mass is 1450 g/mol. The number of esters is 2. The second kappa shape index (κ2) is 83.0. The number of hydrogen-bond acceptors (Lipinski definition) is 8. The summed E-state index contributed by atoms with van der Waals surface area (Å²) in [7, 11) is 5.92. The van der Waals surface area contributed by atoms with Crippen molar-refractivity contribution >= 4 is 17.9 Å². The Hall–Kier alpha value is -6.65. The van der Waals surface area contributed by atoms with E-state index < -0.39 is 24.3 Å². The normalized spacial score (nSPS) is 13.9. The molecule has 0 fully saturated rings. The van der Waals surface area contributed by atoms with Crippen LogP contribution in [0.3, 0.4) is 0 Å². The van der Waals surface area contributed by atoms with E-state index in [-0.39, 0.29) is 38.6 Å². The Bertz CT molecular complexity index is 2590. The Labute approximate surface area is 644 Å². The number of quaternary nitrogens is 1. The maximum absolute atomic E-state index is 13.0. The quantitative estimate of drug-likeness (QED) is 0.0195. The molecule has 9 heteroatoms. The van der Waals surface area contributed by atoms with Gasteiger partial charge in [0.2, 0.25) is 0 Å². The van der Waals surface area contributed by atoms with E-state index in [0.717, 1.165) is 180 Å². The number of carbonyl (C=O) groups excluding carboxylic acids is 3. The van der Waals surface area contributed by atoms with Crippen LogP contribution in [-0.2, 0) is 33.3 Å². The van der Waals surface area contributed by atoms with E-state index >= 15 is 0 Å². The van der Waals surface area contributed by atoms with Gasteiger partial charge in [0.05, 0.1) is 40.3 Å². The van der Waals surface area contributed by atoms with Crippen molar-refractivity contribution in [1.29, 1.82) is 0 Å². The molecule has 0 aliphatic rings. The fourth-order valence-corrected chi connectivity index (χ4v) is 10.7. The first-order valence-corrected chi connectivity index (χ1v) is 41.5. The van der Waals surface area contributed by atoms with Gasteiger partial charge in [-0.3, -0.25) is 9.59 Å². The van der Waals surface area contributed by atoms with Gasteiger partial charge in [0.15, 0.2) is 12.4 Å². The van der Waals surface area contributed by atoms with Gasteiger partial charge in [-0.15, -0.1) is 0 Å². The number of aliphatic carboxylic acids is 1. The van der Waals surface area contributed by atoms with Gasteiger partial charge in [0.1, 0.15) is 13.2 Å². The maximum atomic E-state index is 13.0. The third kappa shape index (κ3) is 84.5. The molecule has 0 spiro atoms. The van der Waals surface area contributed by atoms with Crippen molar-refractivity contribution in [2.75, 3.05) is 47.5 Å².